The first kappa shape index (κ1) is 58.7. The van der Waals surface area contributed by atoms with Gasteiger partial charge in [0, 0.05) is 39.4 Å². The summed E-state index contributed by atoms with van der Waals surface area (Å²) in [6, 6.07) is -1.66. The zero-order valence-electron chi connectivity index (χ0n) is 39.4. The smallest absolute Gasteiger partial charge is 0.242 e. The summed E-state index contributed by atoms with van der Waals surface area (Å²) in [4.78, 5) is 76.0. The second-order valence-corrected chi connectivity index (χ2v) is 17.0. The molecule has 3 unspecified atom stereocenters. The predicted octanol–water partition coefficient (Wildman–Crippen LogP) is 5.41. The van der Waals surface area contributed by atoms with Gasteiger partial charge in [-0.3, -0.25) is 28.8 Å². The number of nitrogens with one attached hydrogen (secondary N) is 6. The minimum Gasteiger partial charge on any atom is -0.357 e. The summed E-state index contributed by atoms with van der Waals surface area (Å²) >= 11 is 0. The Morgan fingerprint density at radius 3 is 0.968 bits per heavy atom. The second kappa shape index (κ2) is 43.0. The Hall–Kier alpha value is -3.30. The summed E-state index contributed by atoms with van der Waals surface area (Å²) in [5.74, 6) is -0.817. The average Bonchev–Trinajstić information content (AvgIpc) is 3.26. The number of rotatable bonds is 44. The van der Waals surface area contributed by atoms with Crippen LogP contribution in [0.1, 0.15) is 206 Å². The number of carbonyl (C=O) groups is 6. The molecule has 3 atom stereocenters. The molecule has 12 N–H and O–H groups in total. The van der Waals surface area contributed by atoms with Crippen molar-refractivity contribution in [1.29, 1.82) is 0 Å². The summed E-state index contributed by atoms with van der Waals surface area (Å²) in [5.41, 5.74) is 16.9. The zero-order valence-corrected chi connectivity index (χ0v) is 39.4. The van der Waals surface area contributed by atoms with E-state index in [4.69, 9.17) is 17.2 Å². The number of likely N-dealkylation sites (N-methyl/N-ethyl adjacent to an activating group) is 1. The van der Waals surface area contributed by atoms with E-state index in [0.29, 0.717) is 77.7 Å². The molecule has 0 fully saturated rings. The van der Waals surface area contributed by atoms with Gasteiger partial charge in [0.15, 0.2) is 0 Å². The molecule has 0 radical (unpaired) electrons. The van der Waals surface area contributed by atoms with Gasteiger partial charge in [-0.1, -0.05) is 96.8 Å². The first-order valence-electron chi connectivity index (χ1n) is 24.9. The first-order valence-corrected chi connectivity index (χ1v) is 24.9. The quantitative estimate of drug-likeness (QED) is 0.0355. The van der Waals surface area contributed by atoms with Gasteiger partial charge >= 0.3 is 0 Å². The molecule has 0 heterocycles. The van der Waals surface area contributed by atoms with E-state index in [1.807, 2.05) is 0 Å². The van der Waals surface area contributed by atoms with Gasteiger partial charge in [0.05, 0.1) is 0 Å². The minimum atomic E-state index is -0.594. The van der Waals surface area contributed by atoms with Crippen LogP contribution in [0.4, 0.5) is 0 Å². The van der Waals surface area contributed by atoms with Crippen molar-refractivity contribution in [2.45, 2.75) is 224 Å². The van der Waals surface area contributed by atoms with E-state index in [1.54, 1.807) is 7.05 Å². The fourth-order valence-electron chi connectivity index (χ4n) is 7.41. The van der Waals surface area contributed by atoms with Crippen LogP contribution in [-0.4, -0.2) is 93.3 Å². The van der Waals surface area contributed by atoms with Crippen molar-refractivity contribution >= 4 is 35.4 Å². The number of amides is 6. The monoisotopic (exact) mass is 880 g/mol. The number of carbonyl (C=O) groups excluding carboxylic acids is 6. The molecule has 0 aliphatic carbocycles. The molecule has 15 heteroatoms. The average molecular weight is 880 g/mol. The van der Waals surface area contributed by atoms with Gasteiger partial charge < -0.3 is 49.1 Å². The van der Waals surface area contributed by atoms with Gasteiger partial charge in [0.1, 0.15) is 18.1 Å². The number of nitrogens with two attached hydrogens (primary N) is 3. The molecule has 362 valence electrons. The molecule has 15 nitrogen and oxygen atoms in total. The lowest BCUT2D eigenvalue weighted by atomic mass is 10.1. The molecule has 62 heavy (non-hydrogen) atoms. The summed E-state index contributed by atoms with van der Waals surface area (Å²) in [7, 11) is 1.56. The normalized spacial score (nSPS) is 12.5. The van der Waals surface area contributed by atoms with Crippen LogP contribution in [0.2, 0.25) is 0 Å². The Morgan fingerprint density at radius 1 is 0.371 bits per heavy atom. The van der Waals surface area contributed by atoms with E-state index < -0.39 is 18.1 Å². The van der Waals surface area contributed by atoms with E-state index in [9.17, 15) is 28.8 Å². The Labute approximate surface area is 376 Å². The van der Waals surface area contributed by atoms with Gasteiger partial charge in [-0.25, -0.2) is 0 Å². The minimum absolute atomic E-state index is 0.0585. The fraction of sp³-hybridized carbons (Fsp3) is 0.872. The van der Waals surface area contributed by atoms with Crippen molar-refractivity contribution in [3.63, 3.8) is 0 Å². The third-order valence-corrected chi connectivity index (χ3v) is 11.3. The van der Waals surface area contributed by atoms with Crippen LogP contribution in [-0.2, 0) is 28.8 Å². The third kappa shape index (κ3) is 35.2. The van der Waals surface area contributed by atoms with E-state index in [0.717, 1.165) is 116 Å². The first-order chi connectivity index (χ1) is 30.1. The number of unbranched alkanes of at least 4 members (excludes halogenated alkanes) is 19. The summed E-state index contributed by atoms with van der Waals surface area (Å²) < 4.78 is 0. The highest BCUT2D eigenvalue weighted by atomic mass is 16.2. The van der Waals surface area contributed by atoms with Crippen molar-refractivity contribution < 1.29 is 28.8 Å². The van der Waals surface area contributed by atoms with Crippen LogP contribution in [0.25, 0.3) is 0 Å². The molecule has 0 bridgehead atoms. The zero-order chi connectivity index (χ0) is 45.9. The Kier molecular flexibility index (Phi) is 40.7. The SMILES string of the molecule is CCCCCCCCCCCC(=O)NC(CCCCN)C(=O)NCCCCCCCC(=O)NC(CCCCN)C(=O)NCCCCCCCC(=O)NC(CCCCN)C(=O)NC. The highest BCUT2D eigenvalue weighted by Gasteiger charge is 2.22. The van der Waals surface area contributed by atoms with Gasteiger partial charge in [0.2, 0.25) is 35.4 Å². The Balaban J connectivity index is 4.36. The lowest BCUT2D eigenvalue weighted by Crippen LogP contribution is -2.47. The predicted molar refractivity (Wildman–Crippen MR) is 252 cm³/mol. The van der Waals surface area contributed by atoms with Gasteiger partial charge in [-0.15, -0.1) is 0 Å². The molecule has 0 aromatic heterocycles. The molecular formula is C47H93N9O6. The maximum Gasteiger partial charge on any atom is 0.242 e. The van der Waals surface area contributed by atoms with Crippen LogP contribution in [0.5, 0.6) is 0 Å². The molecule has 0 spiro atoms. The molecule has 6 amide bonds. The van der Waals surface area contributed by atoms with Crippen molar-refractivity contribution in [3.8, 4) is 0 Å². The number of hydrogen-bond acceptors (Lipinski definition) is 9. The fourth-order valence-corrected chi connectivity index (χ4v) is 7.41. The molecule has 0 aromatic rings. The van der Waals surface area contributed by atoms with Crippen molar-refractivity contribution in [2.75, 3.05) is 39.8 Å². The summed E-state index contributed by atoms with van der Waals surface area (Å²) in [6.07, 6.45) is 26.8. The van der Waals surface area contributed by atoms with Gasteiger partial charge in [-0.2, -0.15) is 0 Å². The van der Waals surface area contributed by atoms with Crippen LogP contribution < -0.4 is 49.1 Å². The lowest BCUT2D eigenvalue weighted by Gasteiger charge is -2.19. The highest BCUT2D eigenvalue weighted by molar-refractivity contribution is 5.88. The number of hydrogen-bond donors (Lipinski definition) is 9. The molecule has 0 rings (SSSR count). The summed E-state index contributed by atoms with van der Waals surface area (Å²) in [6.45, 7) is 4.93. The van der Waals surface area contributed by atoms with Crippen LogP contribution in [0, 0.1) is 0 Å². The second-order valence-electron chi connectivity index (χ2n) is 17.0. The highest BCUT2D eigenvalue weighted by Crippen LogP contribution is 2.12. The van der Waals surface area contributed by atoms with Crippen LogP contribution >= 0.6 is 0 Å². The maximum absolute atomic E-state index is 13.0. The largest absolute Gasteiger partial charge is 0.357 e. The molecule has 0 saturated carbocycles. The Morgan fingerprint density at radius 2 is 0.661 bits per heavy atom. The topological polar surface area (TPSA) is 253 Å². The van der Waals surface area contributed by atoms with Crippen LogP contribution in [0.15, 0.2) is 0 Å². The Bertz CT molecular complexity index is 1160. The van der Waals surface area contributed by atoms with E-state index >= 15 is 0 Å². The molecular weight excluding hydrogens is 787 g/mol. The van der Waals surface area contributed by atoms with Crippen molar-refractivity contribution in [3.05, 3.63) is 0 Å². The standard InChI is InChI=1S/C47H93N9O6/c1-3-4-5-6-7-8-9-12-17-32-43(58)55-40(29-21-24-35-49)46(61)52-38-27-16-11-14-19-33-44(59)56-41(30-22-25-36-50)47(62)53-37-26-15-10-13-18-31-42(57)54-39(45(60)51-2)28-20-23-34-48/h39-41H,3-38,48-50H2,1-2H3,(H,51,60)(H,52,61)(H,53,62)(H,54,57)(H,55,58)(H,56,59). The summed E-state index contributed by atoms with van der Waals surface area (Å²) in [5, 5.41) is 17.4. The maximum atomic E-state index is 13.0. The molecule has 0 saturated heterocycles. The van der Waals surface area contributed by atoms with Gasteiger partial charge in [-0.05, 0) is 110 Å². The van der Waals surface area contributed by atoms with Crippen LogP contribution in [0.3, 0.4) is 0 Å². The lowest BCUT2D eigenvalue weighted by molar-refractivity contribution is -0.129. The van der Waals surface area contributed by atoms with Gasteiger partial charge in [0.25, 0.3) is 0 Å². The van der Waals surface area contributed by atoms with Crippen molar-refractivity contribution in [2.24, 2.45) is 17.2 Å². The molecule has 0 aliphatic heterocycles. The molecule has 0 aromatic carbocycles. The van der Waals surface area contributed by atoms with Crippen molar-refractivity contribution in [1.82, 2.24) is 31.9 Å². The van der Waals surface area contributed by atoms with E-state index in [-0.39, 0.29) is 35.4 Å². The van der Waals surface area contributed by atoms with E-state index in [1.165, 1.54) is 38.5 Å². The van der Waals surface area contributed by atoms with E-state index in [2.05, 4.69) is 38.8 Å². The third-order valence-electron chi connectivity index (χ3n) is 11.3. The molecule has 0 aliphatic rings.